The summed E-state index contributed by atoms with van der Waals surface area (Å²) in [5, 5.41) is 9.79. The van der Waals surface area contributed by atoms with Crippen LogP contribution < -0.4 is 4.74 Å². The van der Waals surface area contributed by atoms with Gasteiger partial charge in [0.15, 0.2) is 6.10 Å². The van der Waals surface area contributed by atoms with E-state index in [2.05, 4.69) is 0 Å². The summed E-state index contributed by atoms with van der Waals surface area (Å²) in [6.07, 6.45) is 0.703. The summed E-state index contributed by atoms with van der Waals surface area (Å²) in [6, 6.07) is 4.92. The SMILES string of the molecule is CCCC(Oc1ccc(Cl)cc1CO)C(=O)OCC. The summed E-state index contributed by atoms with van der Waals surface area (Å²) in [4.78, 5) is 11.8. The molecule has 1 N–H and O–H groups in total. The Labute approximate surface area is 118 Å². The highest BCUT2D eigenvalue weighted by Gasteiger charge is 2.21. The molecule has 0 aliphatic rings. The maximum atomic E-state index is 11.8. The number of halogens is 1. The van der Waals surface area contributed by atoms with Crippen LogP contribution in [-0.4, -0.2) is 23.8 Å². The minimum Gasteiger partial charge on any atom is -0.478 e. The van der Waals surface area contributed by atoms with Crippen molar-refractivity contribution in [2.24, 2.45) is 0 Å². The number of esters is 1. The minimum atomic E-state index is -0.656. The first-order chi connectivity index (χ1) is 9.12. The highest BCUT2D eigenvalue weighted by Crippen LogP contribution is 2.25. The molecule has 1 rings (SSSR count). The maximum Gasteiger partial charge on any atom is 0.347 e. The lowest BCUT2D eigenvalue weighted by atomic mass is 10.2. The Morgan fingerprint density at radius 1 is 1.42 bits per heavy atom. The van der Waals surface area contributed by atoms with Crippen LogP contribution in [0.1, 0.15) is 32.3 Å². The molecule has 5 heteroatoms. The van der Waals surface area contributed by atoms with Crippen molar-refractivity contribution in [3.05, 3.63) is 28.8 Å². The van der Waals surface area contributed by atoms with Crippen LogP contribution >= 0.6 is 11.6 Å². The fourth-order valence-electron chi connectivity index (χ4n) is 1.66. The van der Waals surface area contributed by atoms with Crippen molar-refractivity contribution in [2.45, 2.75) is 39.4 Å². The molecule has 0 aliphatic carbocycles. The summed E-state index contributed by atoms with van der Waals surface area (Å²) < 4.78 is 10.6. The molecule has 0 saturated heterocycles. The molecule has 0 bridgehead atoms. The molecular weight excluding hydrogens is 268 g/mol. The van der Waals surface area contributed by atoms with Gasteiger partial charge in [-0.05, 0) is 31.5 Å². The number of hydrogen-bond acceptors (Lipinski definition) is 4. The predicted octanol–water partition coefficient (Wildman–Crippen LogP) is 2.94. The highest BCUT2D eigenvalue weighted by atomic mass is 35.5. The Hall–Kier alpha value is -1.26. The average Bonchev–Trinajstić information content (AvgIpc) is 2.40. The Bertz CT molecular complexity index is 420. The van der Waals surface area contributed by atoms with E-state index >= 15 is 0 Å². The monoisotopic (exact) mass is 286 g/mol. The van der Waals surface area contributed by atoms with Crippen molar-refractivity contribution in [1.29, 1.82) is 0 Å². The van der Waals surface area contributed by atoms with E-state index in [-0.39, 0.29) is 12.6 Å². The Morgan fingerprint density at radius 2 is 2.16 bits per heavy atom. The number of carbonyl (C=O) groups excluding carboxylic acids is 1. The van der Waals surface area contributed by atoms with Crippen LogP contribution in [0.15, 0.2) is 18.2 Å². The zero-order valence-corrected chi connectivity index (χ0v) is 11.9. The van der Waals surface area contributed by atoms with Crippen LogP contribution in [0.25, 0.3) is 0 Å². The summed E-state index contributed by atoms with van der Waals surface area (Å²) >= 11 is 5.85. The largest absolute Gasteiger partial charge is 0.478 e. The van der Waals surface area contributed by atoms with Gasteiger partial charge in [-0.1, -0.05) is 24.9 Å². The van der Waals surface area contributed by atoms with E-state index in [0.717, 1.165) is 6.42 Å². The lowest BCUT2D eigenvalue weighted by molar-refractivity contribution is -0.151. The zero-order valence-electron chi connectivity index (χ0n) is 11.2. The number of rotatable bonds is 7. The Morgan fingerprint density at radius 3 is 2.74 bits per heavy atom. The number of benzene rings is 1. The molecule has 0 aromatic heterocycles. The third-order valence-electron chi connectivity index (χ3n) is 2.56. The fourth-order valence-corrected chi connectivity index (χ4v) is 1.86. The molecule has 0 saturated carbocycles. The summed E-state index contributed by atoms with van der Waals surface area (Å²) in [6.45, 7) is 3.83. The van der Waals surface area contributed by atoms with Crippen LogP contribution in [0.5, 0.6) is 5.75 Å². The van der Waals surface area contributed by atoms with Crippen molar-refractivity contribution in [3.8, 4) is 5.75 Å². The molecule has 1 aromatic carbocycles. The second kappa shape index (κ2) is 8.02. The van der Waals surface area contributed by atoms with Crippen LogP contribution in [0, 0.1) is 0 Å². The van der Waals surface area contributed by atoms with E-state index in [4.69, 9.17) is 21.1 Å². The molecular formula is C14H19ClO4. The first-order valence-corrected chi connectivity index (χ1v) is 6.72. The predicted molar refractivity (Wildman–Crippen MR) is 73.3 cm³/mol. The maximum absolute atomic E-state index is 11.8. The molecule has 1 atom stereocenters. The van der Waals surface area contributed by atoms with Gasteiger partial charge in [0.05, 0.1) is 13.2 Å². The summed E-state index contributed by atoms with van der Waals surface area (Å²) in [5.74, 6) is 0.0709. The molecule has 106 valence electrons. The van der Waals surface area contributed by atoms with Crippen molar-refractivity contribution in [1.82, 2.24) is 0 Å². The quantitative estimate of drug-likeness (QED) is 0.783. The van der Waals surface area contributed by atoms with Gasteiger partial charge in [0.1, 0.15) is 5.75 Å². The summed E-state index contributed by atoms with van der Waals surface area (Å²) in [7, 11) is 0. The standard InChI is InChI=1S/C14H19ClO4/c1-3-5-13(14(17)18-4-2)19-12-7-6-11(15)8-10(12)9-16/h6-8,13,16H,3-5,9H2,1-2H3. The van der Waals surface area contributed by atoms with Gasteiger partial charge in [-0.2, -0.15) is 0 Å². The first kappa shape index (κ1) is 15.8. The number of aliphatic hydroxyl groups excluding tert-OH is 1. The lowest BCUT2D eigenvalue weighted by Gasteiger charge is -2.18. The van der Waals surface area contributed by atoms with E-state index in [1.165, 1.54) is 0 Å². The van der Waals surface area contributed by atoms with Gasteiger partial charge >= 0.3 is 5.97 Å². The smallest absolute Gasteiger partial charge is 0.347 e. The normalized spacial score (nSPS) is 12.0. The third kappa shape index (κ3) is 4.73. The van der Waals surface area contributed by atoms with Gasteiger partial charge in [-0.15, -0.1) is 0 Å². The number of hydrogen-bond donors (Lipinski definition) is 1. The van der Waals surface area contributed by atoms with Gasteiger partial charge in [-0.25, -0.2) is 4.79 Å². The van der Waals surface area contributed by atoms with E-state index in [1.54, 1.807) is 25.1 Å². The topological polar surface area (TPSA) is 55.8 Å². The summed E-state index contributed by atoms with van der Waals surface area (Å²) in [5.41, 5.74) is 0.554. The molecule has 0 fully saturated rings. The molecule has 1 aromatic rings. The third-order valence-corrected chi connectivity index (χ3v) is 2.80. The molecule has 0 aliphatic heterocycles. The van der Waals surface area contributed by atoms with Gasteiger partial charge in [0, 0.05) is 10.6 Å². The number of ether oxygens (including phenoxy) is 2. The first-order valence-electron chi connectivity index (χ1n) is 6.34. The van der Waals surface area contributed by atoms with E-state index in [0.29, 0.717) is 29.4 Å². The fraction of sp³-hybridized carbons (Fsp3) is 0.500. The van der Waals surface area contributed by atoms with Crippen molar-refractivity contribution in [2.75, 3.05) is 6.61 Å². The van der Waals surface area contributed by atoms with Crippen LogP contribution in [0.2, 0.25) is 5.02 Å². The van der Waals surface area contributed by atoms with Crippen LogP contribution in [0.3, 0.4) is 0 Å². The van der Waals surface area contributed by atoms with Gasteiger partial charge in [0.25, 0.3) is 0 Å². The Balaban J connectivity index is 2.86. The Kier molecular flexibility index (Phi) is 6.67. The van der Waals surface area contributed by atoms with E-state index in [9.17, 15) is 9.90 Å². The van der Waals surface area contributed by atoms with E-state index in [1.807, 2.05) is 6.92 Å². The van der Waals surface area contributed by atoms with Gasteiger partial charge < -0.3 is 14.6 Å². The second-order valence-corrected chi connectivity index (χ2v) is 4.49. The molecule has 0 amide bonds. The number of carbonyl (C=O) groups is 1. The van der Waals surface area contributed by atoms with Gasteiger partial charge in [-0.3, -0.25) is 0 Å². The zero-order chi connectivity index (χ0) is 14.3. The highest BCUT2D eigenvalue weighted by molar-refractivity contribution is 6.30. The van der Waals surface area contributed by atoms with Crippen molar-refractivity contribution in [3.63, 3.8) is 0 Å². The van der Waals surface area contributed by atoms with Crippen LogP contribution in [-0.2, 0) is 16.1 Å². The second-order valence-electron chi connectivity index (χ2n) is 4.06. The van der Waals surface area contributed by atoms with E-state index < -0.39 is 6.10 Å². The lowest BCUT2D eigenvalue weighted by Crippen LogP contribution is -2.29. The molecule has 4 nitrogen and oxygen atoms in total. The minimum absolute atomic E-state index is 0.197. The number of aliphatic hydroxyl groups is 1. The molecule has 1 unspecified atom stereocenters. The van der Waals surface area contributed by atoms with Crippen molar-refractivity contribution >= 4 is 17.6 Å². The molecule has 0 spiro atoms. The van der Waals surface area contributed by atoms with Crippen LogP contribution in [0.4, 0.5) is 0 Å². The van der Waals surface area contributed by atoms with Crippen molar-refractivity contribution < 1.29 is 19.4 Å². The van der Waals surface area contributed by atoms with Gasteiger partial charge in [0.2, 0.25) is 0 Å². The molecule has 0 radical (unpaired) electrons. The molecule has 19 heavy (non-hydrogen) atoms. The average molecular weight is 287 g/mol. The molecule has 0 heterocycles.